The number of aryl methyl sites for hydroxylation is 1. The van der Waals surface area contributed by atoms with E-state index in [0.717, 1.165) is 0 Å². The second-order valence-corrected chi connectivity index (χ2v) is 3.21. The molecule has 1 aliphatic heterocycles. The van der Waals surface area contributed by atoms with Crippen molar-refractivity contribution in [3.05, 3.63) is 35.4 Å². The maximum Gasteiger partial charge on any atom is 0.282 e. The molecule has 0 aromatic heterocycles. The minimum Gasteiger partial charge on any atom is -0.463 e. The lowest BCUT2D eigenvalue weighted by Gasteiger charge is -2.05. The van der Waals surface area contributed by atoms with Crippen LogP contribution >= 0.6 is 0 Å². The molecule has 0 saturated carbocycles. The van der Waals surface area contributed by atoms with E-state index in [0.29, 0.717) is 12.6 Å². The summed E-state index contributed by atoms with van der Waals surface area (Å²) in [5, 5.41) is 0. The molecule has 3 heteroatoms. The molecule has 68 valence electrons. The van der Waals surface area contributed by atoms with Gasteiger partial charge in [0.1, 0.15) is 12.6 Å². The van der Waals surface area contributed by atoms with Crippen LogP contribution in [0.15, 0.2) is 29.3 Å². The van der Waals surface area contributed by atoms with Crippen LogP contribution in [0.3, 0.4) is 0 Å². The van der Waals surface area contributed by atoms with Gasteiger partial charge in [-0.25, -0.2) is 4.99 Å². The third-order valence-electron chi connectivity index (χ3n) is 2.10. The summed E-state index contributed by atoms with van der Waals surface area (Å²) in [6.45, 7) is 2.63. The standard InChI is InChI=1S/C10H12N2O/c1-7-3-2-4-8(5-7)9-6-13-10(11)12-9/h2-5,9H,6H2,1H3,(H2,11,12)/t9-/m1/s1. The van der Waals surface area contributed by atoms with Gasteiger partial charge in [-0.1, -0.05) is 29.8 Å². The Morgan fingerprint density at radius 3 is 3.00 bits per heavy atom. The molecule has 1 aliphatic rings. The third-order valence-corrected chi connectivity index (χ3v) is 2.10. The van der Waals surface area contributed by atoms with Crippen molar-refractivity contribution >= 4 is 6.02 Å². The van der Waals surface area contributed by atoms with Crippen molar-refractivity contribution in [1.82, 2.24) is 0 Å². The van der Waals surface area contributed by atoms with Gasteiger partial charge in [0.2, 0.25) is 0 Å². The third kappa shape index (κ3) is 1.64. The van der Waals surface area contributed by atoms with E-state index in [1.807, 2.05) is 12.1 Å². The maximum absolute atomic E-state index is 5.43. The van der Waals surface area contributed by atoms with Crippen LogP contribution in [0.25, 0.3) is 0 Å². The molecule has 0 aliphatic carbocycles. The van der Waals surface area contributed by atoms with Crippen LogP contribution in [-0.4, -0.2) is 12.6 Å². The van der Waals surface area contributed by atoms with Crippen molar-refractivity contribution in [1.29, 1.82) is 0 Å². The molecule has 0 fully saturated rings. The van der Waals surface area contributed by atoms with E-state index in [1.165, 1.54) is 11.1 Å². The number of benzene rings is 1. The molecule has 0 radical (unpaired) electrons. The first-order valence-corrected chi connectivity index (χ1v) is 4.28. The fourth-order valence-electron chi connectivity index (χ4n) is 1.44. The van der Waals surface area contributed by atoms with Gasteiger partial charge in [-0.05, 0) is 12.5 Å². The van der Waals surface area contributed by atoms with E-state index in [1.54, 1.807) is 0 Å². The van der Waals surface area contributed by atoms with Crippen LogP contribution in [0.5, 0.6) is 0 Å². The molecule has 1 aromatic rings. The molecular formula is C10H12N2O. The van der Waals surface area contributed by atoms with Crippen LogP contribution in [-0.2, 0) is 4.74 Å². The van der Waals surface area contributed by atoms with Crippen molar-refractivity contribution in [3.8, 4) is 0 Å². The second kappa shape index (κ2) is 3.09. The predicted molar refractivity (Wildman–Crippen MR) is 51.5 cm³/mol. The number of hydrogen-bond donors (Lipinski definition) is 1. The zero-order chi connectivity index (χ0) is 9.26. The van der Waals surface area contributed by atoms with Gasteiger partial charge in [-0.15, -0.1) is 0 Å². The summed E-state index contributed by atoms with van der Waals surface area (Å²) in [6.07, 6.45) is 0. The lowest BCUT2D eigenvalue weighted by Crippen LogP contribution is -2.10. The van der Waals surface area contributed by atoms with Crippen molar-refractivity contribution in [2.75, 3.05) is 6.61 Å². The van der Waals surface area contributed by atoms with Gasteiger partial charge < -0.3 is 10.5 Å². The highest BCUT2D eigenvalue weighted by atomic mass is 16.5. The Morgan fingerprint density at radius 1 is 1.54 bits per heavy atom. The molecule has 1 atom stereocenters. The number of amidine groups is 1. The van der Waals surface area contributed by atoms with Gasteiger partial charge >= 0.3 is 0 Å². The molecule has 3 nitrogen and oxygen atoms in total. The minimum absolute atomic E-state index is 0.0832. The Balaban J connectivity index is 2.26. The van der Waals surface area contributed by atoms with Gasteiger partial charge in [-0.2, -0.15) is 0 Å². The highest BCUT2D eigenvalue weighted by Gasteiger charge is 2.18. The predicted octanol–water partition coefficient (Wildman–Crippen LogP) is 1.38. The summed E-state index contributed by atoms with van der Waals surface area (Å²) < 4.78 is 5.09. The number of rotatable bonds is 1. The highest BCUT2D eigenvalue weighted by Crippen LogP contribution is 2.22. The zero-order valence-corrected chi connectivity index (χ0v) is 7.53. The number of ether oxygens (including phenoxy) is 1. The molecule has 0 unspecified atom stereocenters. The van der Waals surface area contributed by atoms with E-state index in [4.69, 9.17) is 10.5 Å². The van der Waals surface area contributed by atoms with Gasteiger partial charge in [0.15, 0.2) is 0 Å². The Kier molecular flexibility index (Phi) is 1.93. The van der Waals surface area contributed by atoms with Gasteiger partial charge in [-0.3, -0.25) is 0 Å². The molecular weight excluding hydrogens is 164 g/mol. The van der Waals surface area contributed by atoms with E-state index in [-0.39, 0.29) is 6.04 Å². The Bertz CT molecular complexity index is 347. The molecule has 0 spiro atoms. The topological polar surface area (TPSA) is 47.6 Å². The van der Waals surface area contributed by atoms with E-state index < -0.39 is 0 Å². The first-order valence-electron chi connectivity index (χ1n) is 4.28. The minimum atomic E-state index is 0.0832. The Morgan fingerprint density at radius 2 is 2.38 bits per heavy atom. The van der Waals surface area contributed by atoms with Crippen molar-refractivity contribution in [3.63, 3.8) is 0 Å². The van der Waals surface area contributed by atoms with Crippen LogP contribution in [0.4, 0.5) is 0 Å². The summed E-state index contributed by atoms with van der Waals surface area (Å²) in [5.74, 6) is 0. The summed E-state index contributed by atoms with van der Waals surface area (Å²) in [5.41, 5.74) is 7.83. The normalized spacial score (nSPS) is 21.0. The number of nitrogens with two attached hydrogens (primary N) is 1. The molecule has 0 saturated heterocycles. The molecule has 2 N–H and O–H groups in total. The molecule has 13 heavy (non-hydrogen) atoms. The second-order valence-electron chi connectivity index (χ2n) is 3.21. The van der Waals surface area contributed by atoms with Gasteiger partial charge in [0, 0.05) is 0 Å². The van der Waals surface area contributed by atoms with E-state index in [9.17, 15) is 0 Å². The molecule has 1 heterocycles. The van der Waals surface area contributed by atoms with Crippen LogP contribution < -0.4 is 5.73 Å². The molecule has 2 rings (SSSR count). The van der Waals surface area contributed by atoms with Crippen molar-refractivity contribution in [2.24, 2.45) is 10.7 Å². The fourth-order valence-corrected chi connectivity index (χ4v) is 1.44. The number of nitrogens with zero attached hydrogens (tertiary/aromatic N) is 1. The van der Waals surface area contributed by atoms with Crippen molar-refractivity contribution < 1.29 is 4.74 Å². The zero-order valence-electron chi connectivity index (χ0n) is 7.53. The van der Waals surface area contributed by atoms with E-state index in [2.05, 4.69) is 24.0 Å². The SMILES string of the molecule is Cc1cccc([C@H]2COC(N)=N2)c1. The largest absolute Gasteiger partial charge is 0.463 e. The summed E-state index contributed by atoms with van der Waals surface area (Å²) in [4.78, 5) is 4.17. The summed E-state index contributed by atoms with van der Waals surface area (Å²) in [6, 6.07) is 8.62. The molecule has 0 bridgehead atoms. The van der Waals surface area contributed by atoms with Crippen LogP contribution in [0.2, 0.25) is 0 Å². The van der Waals surface area contributed by atoms with Crippen LogP contribution in [0.1, 0.15) is 17.2 Å². The summed E-state index contributed by atoms with van der Waals surface area (Å²) >= 11 is 0. The fraction of sp³-hybridized carbons (Fsp3) is 0.300. The lowest BCUT2D eigenvalue weighted by molar-refractivity contribution is 0.315. The average Bonchev–Trinajstić information content (AvgIpc) is 2.52. The summed E-state index contributed by atoms with van der Waals surface area (Å²) in [7, 11) is 0. The van der Waals surface area contributed by atoms with Crippen LogP contribution in [0, 0.1) is 6.92 Å². The lowest BCUT2D eigenvalue weighted by atomic mass is 10.1. The van der Waals surface area contributed by atoms with Gasteiger partial charge in [0.25, 0.3) is 6.02 Å². The maximum atomic E-state index is 5.43. The average molecular weight is 176 g/mol. The molecule has 1 aromatic carbocycles. The smallest absolute Gasteiger partial charge is 0.282 e. The number of hydrogen-bond acceptors (Lipinski definition) is 3. The van der Waals surface area contributed by atoms with E-state index >= 15 is 0 Å². The Labute approximate surface area is 77.2 Å². The molecule has 0 amide bonds. The number of aliphatic imine (C=N–C) groups is 1. The van der Waals surface area contributed by atoms with Crippen molar-refractivity contribution in [2.45, 2.75) is 13.0 Å². The Hall–Kier alpha value is -1.51. The first kappa shape index (κ1) is 8.10. The first-order chi connectivity index (χ1) is 6.25. The highest BCUT2D eigenvalue weighted by molar-refractivity contribution is 5.73. The quantitative estimate of drug-likeness (QED) is 0.702. The monoisotopic (exact) mass is 176 g/mol. The van der Waals surface area contributed by atoms with Gasteiger partial charge in [0.05, 0.1) is 0 Å².